The molecule has 0 saturated carbocycles. The van der Waals surface area contributed by atoms with Crippen LogP contribution in [0, 0.1) is 0 Å². The van der Waals surface area contributed by atoms with Gasteiger partial charge in [0.25, 0.3) is 0 Å². The van der Waals surface area contributed by atoms with Gasteiger partial charge in [-0.3, -0.25) is 4.99 Å². The van der Waals surface area contributed by atoms with E-state index in [4.69, 9.17) is 4.42 Å². The van der Waals surface area contributed by atoms with Crippen molar-refractivity contribution in [2.45, 2.75) is 26.3 Å². The SMILES string of the molecule is CCc1ccc(CN(C)C(=NC)NCCc2ccco2)cc1. The predicted molar refractivity (Wildman–Crippen MR) is 91.1 cm³/mol. The van der Waals surface area contributed by atoms with Gasteiger partial charge in [-0.25, -0.2) is 0 Å². The lowest BCUT2D eigenvalue weighted by Gasteiger charge is -2.22. The number of nitrogens with zero attached hydrogens (tertiary/aromatic N) is 2. The van der Waals surface area contributed by atoms with Crippen LogP contribution in [0.5, 0.6) is 0 Å². The predicted octanol–water partition coefficient (Wildman–Crippen LogP) is 3.09. The Balaban J connectivity index is 1.83. The summed E-state index contributed by atoms with van der Waals surface area (Å²) >= 11 is 0. The number of hydrogen-bond acceptors (Lipinski definition) is 2. The van der Waals surface area contributed by atoms with E-state index in [1.807, 2.05) is 19.2 Å². The van der Waals surface area contributed by atoms with E-state index in [2.05, 4.69) is 53.4 Å². The normalized spacial score (nSPS) is 11.5. The van der Waals surface area contributed by atoms with Crippen LogP contribution in [0.3, 0.4) is 0 Å². The molecule has 0 unspecified atom stereocenters. The maximum Gasteiger partial charge on any atom is 0.193 e. The van der Waals surface area contributed by atoms with Crippen LogP contribution in [0.1, 0.15) is 23.8 Å². The largest absolute Gasteiger partial charge is 0.469 e. The lowest BCUT2D eigenvalue weighted by Crippen LogP contribution is -2.39. The Morgan fingerprint density at radius 2 is 1.91 bits per heavy atom. The Morgan fingerprint density at radius 1 is 1.18 bits per heavy atom. The fraction of sp³-hybridized carbons (Fsp3) is 0.389. The zero-order valence-corrected chi connectivity index (χ0v) is 13.7. The molecule has 0 aliphatic rings. The summed E-state index contributed by atoms with van der Waals surface area (Å²) in [5.74, 6) is 1.88. The Labute approximate surface area is 132 Å². The Bertz CT molecular complexity index is 573. The van der Waals surface area contributed by atoms with Crippen LogP contribution in [0.15, 0.2) is 52.1 Å². The van der Waals surface area contributed by atoms with Crippen molar-refractivity contribution in [3.63, 3.8) is 0 Å². The molecular weight excluding hydrogens is 274 g/mol. The van der Waals surface area contributed by atoms with Gasteiger partial charge in [0, 0.05) is 33.6 Å². The van der Waals surface area contributed by atoms with Crippen molar-refractivity contribution in [2.75, 3.05) is 20.6 Å². The molecular formula is C18H25N3O. The van der Waals surface area contributed by atoms with E-state index in [0.29, 0.717) is 0 Å². The van der Waals surface area contributed by atoms with Crippen molar-refractivity contribution in [2.24, 2.45) is 4.99 Å². The number of aryl methyl sites for hydroxylation is 1. The first-order chi connectivity index (χ1) is 10.7. The van der Waals surface area contributed by atoms with Gasteiger partial charge in [0.15, 0.2) is 5.96 Å². The second-order valence-corrected chi connectivity index (χ2v) is 5.33. The fourth-order valence-corrected chi connectivity index (χ4v) is 2.37. The van der Waals surface area contributed by atoms with Crippen LogP contribution < -0.4 is 5.32 Å². The third kappa shape index (κ3) is 4.65. The van der Waals surface area contributed by atoms with Gasteiger partial charge in [0.05, 0.1) is 6.26 Å². The molecule has 0 spiro atoms. The third-order valence-electron chi connectivity index (χ3n) is 3.66. The van der Waals surface area contributed by atoms with Crippen LogP contribution in [0.2, 0.25) is 0 Å². The molecule has 1 heterocycles. The summed E-state index contributed by atoms with van der Waals surface area (Å²) in [5, 5.41) is 3.37. The molecule has 4 nitrogen and oxygen atoms in total. The molecule has 1 N–H and O–H groups in total. The molecule has 118 valence electrons. The van der Waals surface area contributed by atoms with E-state index in [0.717, 1.165) is 37.7 Å². The van der Waals surface area contributed by atoms with E-state index < -0.39 is 0 Å². The van der Waals surface area contributed by atoms with Gasteiger partial charge in [-0.1, -0.05) is 31.2 Å². The molecule has 4 heteroatoms. The van der Waals surface area contributed by atoms with Gasteiger partial charge in [-0.05, 0) is 29.7 Å². The number of furan rings is 1. The van der Waals surface area contributed by atoms with Crippen molar-refractivity contribution in [3.05, 3.63) is 59.5 Å². The quantitative estimate of drug-likeness (QED) is 0.658. The molecule has 0 aliphatic carbocycles. The molecule has 0 fully saturated rings. The highest BCUT2D eigenvalue weighted by molar-refractivity contribution is 5.79. The van der Waals surface area contributed by atoms with Gasteiger partial charge in [-0.15, -0.1) is 0 Å². The van der Waals surface area contributed by atoms with Gasteiger partial charge in [0.2, 0.25) is 0 Å². The number of hydrogen-bond donors (Lipinski definition) is 1. The van der Waals surface area contributed by atoms with Gasteiger partial charge >= 0.3 is 0 Å². The van der Waals surface area contributed by atoms with E-state index in [1.165, 1.54) is 11.1 Å². The Hall–Kier alpha value is -2.23. The van der Waals surface area contributed by atoms with Crippen LogP contribution in [-0.4, -0.2) is 31.5 Å². The number of rotatable bonds is 6. The Morgan fingerprint density at radius 3 is 2.50 bits per heavy atom. The molecule has 0 atom stereocenters. The molecule has 22 heavy (non-hydrogen) atoms. The topological polar surface area (TPSA) is 40.8 Å². The van der Waals surface area contributed by atoms with Crippen molar-refractivity contribution in [3.8, 4) is 0 Å². The average Bonchev–Trinajstić information content (AvgIpc) is 3.05. The van der Waals surface area contributed by atoms with Gasteiger partial charge < -0.3 is 14.6 Å². The summed E-state index contributed by atoms with van der Waals surface area (Å²) in [7, 11) is 3.86. The summed E-state index contributed by atoms with van der Waals surface area (Å²) < 4.78 is 5.33. The smallest absolute Gasteiger partial charge is 0.193 e. The molecule has 1 aromatic heterocycles. The summed E-state index contributed by atoms with van der Waals surface area (Å²) in [4.78, 5) is 6.47. The molecule has 2 rings (SSSR count). The first kappa shape index (κ1) is 16.1. The van der Waals surface area contributed by atoms with Crippen LogP contribution in [0.25, 0.3) is 0 Å². The standard InChI is InChI=1S/C18H25N3O/c1-4-15-7-9-16(10-8-15)14-21(3)18(19-2)20-12-11-17-6-5-13-22-17/h5-10,13H,4,11-12,14H2,1-3H3,(H,19,20). The van der Waals surface area contributed by atoms with Crippen molar-refractivity contribution < 1.29 is 4.42 Å². The number of nitrogens with one attached hydrogen (secondary N) is 1. The zero-order valence-electron chi connectivity index (χ0n) is 13.7. The van der Waals surface area contributed by atoms with Gasteiger partial charge in [-0.2, -0.15) is 0 Å². The molecule has 0 saturated heterocycles. The van der Waals surface area contributed by atoms with Crippen molar-refractivity contribution in [1.82, 2.24) is 10.2 Å². The minimum absolute atomic E-state index is 0.805. The number of guanidine groups is 1. The van der Waals surface area contributed by atoms with E-state index >= 15 is 0 Å². The molecule has 2 aromatic rings. The van der Waals surface area contributed by atoms with E-state index in [1.54, 1.807) is 6.26 Å². The van der Waals surface area contributed by atoms with Crippen molar-refractivity contribution in [1.29, 1.82) is 0 Å². The summed E-state index contributed by atoms with van der Waals surface area (Å²) in [6.07, 6.45) is 3.63. The Kier molecular flexibility index (Phi) is 6.07. The highest BCUT2D eigenvalue weighted by atomic mass is 16.3. The maximum atomic E-state index is 5.33. The summed E-state index contributed by atoms with van der Waals surface area (Å²) in [6, 6.07) is 12.7. The second kappa shape index (κ2) is 8.27. The lowest BCUT2D eigenvalue weighted by atomic mass is 10.1. The van der Waals surface area contributed by atoms with Crippen molar-refractivity contribution >= 4 is 5.96 Å². The van der Waals surface area contributed by atoms with Gasteiger partial charge in [0.1, 0.15) is 5.76 Å². The zero-order chi connectivity index (χ0) is 15.8. The van der Waals surface area contributed by atoms with Crippen LogP contribution >= 0.6 is 0 Å². The average molecular weight is 299 g/mol. The molecule has 0 bridgehead atoms. The monoisotopic (exact) mass is 299 g/mol. The minimum Gasteiger partial charge on any atom is -0.469 e. The molecule has 1 aromatic carbocycles. The number of aliphatic imine (C=N–C) groups is 1. The number of benzene rings is 1. The first-order valence-corrected chi connectivity index (χ1v) is 7.75. The summed E-state index contributed by atoms with van der Waals surface area (Å²) in [6.45, 7) is 3.82. The van der Waals surface area contributed by atoms with Crippen LogP contribution in [-0.2, 0) is 19.4 Å². The minimum atomic E-state index is 0.805. The fourth-order valence-electron chi connectivity index (χ4n) is 2.37. The highest BCUT2D eigenvalue weighted by Crippen LogP contribution is 2.07. The third-order valence-corrected chi connectivity index (χ3v) is 3.66. The first-order valence-electron chi connectivity index (χ1n) is 7.75. The second-order valence-electron chi connectivity index (χ2n) is 5.33. The lowest BCUT2D eigenvalue weighted by molar-refractivity contribution is 0.469. The van der Waals surface area contributed by atoms with Crippen LogP contribution in [0.4, 0.5) is 0 Å². The molecule has 0 amide bonds. The summed E-state index contributed by atoms with van der Waals surface area (Å²) in [5.41, 5.74) is 2.65. The van der Waals surface area contributed by atoms with E-state index in [9.17, 15) is 0 Å². The molecule has 0 radical (unpaired) electrons. The van der Waals surface area contributed by atoms with E-state index in [-0.39, 0.29) is 0 Å². The highest BCUT2D eigenvalue weighted by Gasteiger charge is 2.06. The molecule has 0 aliphatic heterocycles. The maximum absolute atomic E-state index is 5.33.